The van der Waals surface area contributed by atoms with Crippen LogP contribution in [0.15, 0.2) is 0 Å². The molecule has 0 heterocycles. The number of aliphatic hydroxyl groups excluding tert-OH is 3. The number of hydrogen-bond acceptors (Lipinski definition) is 10. The predicted molar refractivity (Wildman–Crippen MR) is 75.7 cm³/mol. The van der Waals surface area contributed by atoms with E-state index in [0.717, 1.165) is 6.92 Å². The first-order valence-electron chi connectivity index (χ1n) is 6.73. The molecule has 5 atom stereocenters. The summed E-state index contributed by atoms with van der Waals surface area (Å²) in [4.78, 5) is 57.6. The largest absolute Gasteiger partial charge is 0.386 e. The third-order valence-electron chi connectivity index (χ3n) is 3.79. The maximum Gasteiger partial charge on any atom is 0.230 e. The summed E-state index contributed by atoms with van der Waals surface area (Å²) in [6, 6.07) is 0. The van der Waals surface area contributed by atoms with Crippen LogP contribution >= 0.6 is 0 Å². The van der Waals surface area contributed by atoms with Crippen molar-refractivity contribution in [2.75, 3.05) is 0 Å². The smallest absolute Gasteiger partial charge is 0.230 e. The van der Waals surface area contributed by atoms with Gasteiger partial charge in [0.25, 0.3) is 0 Å². The minimum absolute atomic E-state index is 0.567. The van der Waals surface area contributed by atoms with E-state index in [-0.39, 0.29) is 0 Å². The van der Waals surface area contributed by atoms with Crippen molar-refractivity contribution >= 4 is 28.9 Å². The summed E-state index contributed by atoms with van der Waals surface area (Å²) < 4.78 is 0. The predicted octanol–water partition coefficient (Wildman–Crippen LogP) is -3.54. The molecule has 0 aliphatic rings. The highest BCUT2D eigenvalue weighted by atomic mass is 16.4. The molecular weight excluding hydrogens is 328 g/mol. The molecule has 0 fully saturated rings. The summed E-state index contributed by atoms with van der Waals surface area (Å²) >= 11 is 0. The third kappa shape index (κ3) is 3.32. The molecular formula is C14H20O10. The van der Waals surface area contributed by atoms with E-state index in [9.17, 15) is 49.5 Å². The quantitative estimate of drug-likeness (QED) is 0.261. The van der Waals surface area contributed by atoms with Gasteiger partial charge in [-0.25, -0.2) is 0 Å². The van der Waals surface area contributed by atoms with Gasteiger partial charge in [0.1, 0.15) is 12.2 Å². The summed E-state index contributed by atoms with van der Waals surface area (Å²) in [6.07, 6.45) is -8.12. The highest BCUT2D eigenvalue weighted by Gasteiger charge is 2.67. The van der Waals surface area contributed by atoms with Crippen molar-refractivity contribution in [2.45, 2.75) is 57.2 Å². The zero-order valence-electron chi connectivity index (χ0n) is 13.5. The minimum Gasteiger partial charge on any atom is -0.386 e. The highest BCUT2D eigenvalue weighted by molar-refractivity contribution is 6.39. The van der Waals surface area contributed by atoms with E-state index in [1.54, 1.807) is 0 Å². The number of rotatable bonds is 9. The molecule has 0 aromatic rings. The van der Waals surface area contributed by atoms with E-state index < -0.39 is 58.4 Å². The maximum absolute atomic E-state index is 11.8. The first-order valence-corrected chi connectivity index (χ1v) is 6.73. The Morgan fingerprint density at radius 3 is 1.38 bits per heavy atom. The van der Waals surface area contributed by atoms with Gasteiger partial charge in [-0.1, -0.05) is 0 Å². The second kappa shape index (κ2) is 7.36. The molecule has 0 rings (SSSR count). The van der Waals surface area contributed by atoms with Crippen LogP contribution in [-0.4, -0.2) is 84.0 Å². The zero-order valence-corrected chi connectivity index (χ0v) is 13.5. The maximum atomic E-state index is 11.8. The molecule has 0 saturated heterocycles. The molecule has 0 aliphatic carbocycles. The fourth-order valence-corrected chi connectivity index (χ4v) is 2.20. The molecule has 10 heteroatoms. The van der Waals surface area contributed by atoms with Crippen molar-refractivity contribution in [3.63, 3.8) is 0 Å². The number of aliphatic hydroxyl groups is 5. The van der Waals surface area contributed by atoms with Gasteiger partial charge in [0.05, 0.1) is 0 Å². The van der Waals surface area contributed by atoms with E-state index in [1.807, 2.05) is 0 Å². The lowest BCUT2D eigenvalue weighted by atomic mass is 9.68. The lowest BCUT2D eigenvalue weighted by molar-refractivity contribution is -0.234. The SMILES string of the molecule is CC(=O)C(=O)[C@@H](O)[C@](O)(C(C)=O)[C@@](O)(C(C)=O)[C@H](O)C(O)C(C)=O. The average molecular weight is 348 g/mol. The van der Waals surface area contributed by atoms with Gasteiger partial charge < -0.3 is 25.5 Å². The average Bonchev–Trinajstić information content (AvgIpc) is 2.49. The third-order valence-corrected chi connectivity index (χ3v) is 3.79. The number of hydrogen-bond donors (Lipinski definition) is 5. The van der Waals surface area contributed by atoms with Crippen LogP contribution in [0.5, 0.6) is 0 Å². The van der Waals surface area contributed by atoms with Crippen LogP contribution in [0.4, 0.5) is 0 Å². The molecule has 136 valence electrons. The van der Waals surface area contributed by atoms with Crippen molar-refractivity contribution in [3.8, 4) is 0 Å². The molecule has 0 aliphatic heterocycles. The summed E-state index contributed by atoms with van der Waals surface area (Å²) in [7, 11) is 0. The van der Waals surface area contributed by atoms with Gasteiger partial charge in [-0.2, -0.15) is 0 Å². The van der Waals surface area contributed by atoms with Crippen LogP contribution in [-0.2, 0) is 24.0 Å². The lowest BCUT2D eigenvalue weighted by Crippen LogP contribution is -2.76. The Morgan fingerprint density at radius 2 is 1.12 bits per heavy atom. The first-order chi connectivity index (χ1) is 10.7. The Labute approximate surface area is 136 Å². The van der Waals surface area contributed by atoms with Gasteiger partial charge in [-0.05, 0) is 20.8 Å². The van der Waals surface area contributed by atoms with E-state index in [2.05, 4.69) is 0 Å². The topological polar surface area (TPSA) is 186 Å². The van der Waals surface area contributed by atoms with E-state index >= 15 is 0 Å². The fourth-order valence-electron chi connectivity index (χ4n) is 2.20. The molecule has 0 aromatic heterocycles. The highest BCUT2D eigenvalue weighted by Crippen LogP contribution is 2.34. The van der Waals surface area contributed by atoms with Crippen molar-refractivity contribution in [1.29, 1.82) is 0 Å². The molecule has 0 spiro atoms. The Kier molecular flexibility index (Phi) is 6.80. The number of ketones is 5. The van der Waals surface area contributed by atoms with Crippen LogP contribution < -0.4 is 0 Å². The van der Waals surface area contributed by atoms with Crippen LogP contribution in [0.25, 0.3) is 0 Å². The Hall–Kier alpha value is -1.85. The normalized spacial score (nSPS) is 20.0. The molecule has 5 N–H and O–H groups in total. The molecule has 0 amide bonds. The van der Waals surface area contributed by atoms with Crippen molar-refractivity contribution < 1.29 is 49.5 Å². The van der Waals surface area contributed by atoms with E-state index in [1.165, 1.54) is 0 Å². The minimum atomic E-state index is -3.68. The second-order valence-electron chi connectivity index (χ2n) is 5.47. The lowest BCUT2D eigenvalue weighted by Gasteiger charge is -2.45. The van der Waals surface area contributed by atoms with Crippen LogP contribution in [0.2, 0.25) is 0 Å². The van der Waals surface area contributed by atoms with Crippen LogP contribution in [0.3, 0.4) is 0 Å². The summed E-state index contributed by atoms with van der Waals surface area (Å²) in [5.41, 5.74) is -7.33. The summed E-state index contributed by atoms with van der Waals surface area (Å²) in [5, 5.41) is 50.4. The molecule has 0 bridgehead atoms. The molecule has 10 nitrogen and oxygen atoms in total. The molecule has 0 radical (unpaired) electrons. The summed E-state index contributed by atoms with van der Waals surface area (Å²) in [6.45, 7) is 2.62. The second-order valence-corrected chi connectivity index (χ2v) is 5.47. The molecule has 0 saturated carbocycles. The molecule has 0 aromatic carbocycles. The Balaban J connectivity index is 6.54. The van der Waals surface area contributed by atoms with Gasteiger partial charge in [-0.15, -0.1) is 0 Å². The number of carbonyl (C=O) groups is 5. The number of carbonyl (C=O) groups excluding carboxylic acids is 5. The standard InChI is InChI=1S/C14H20O10/c1-5(15)9(19)11(21)13(23,7(3)17)14(24,8(4)18)12(22)10(20)6(2)16/h9,11-12,19,21-24H,1-4H3/t9?,11-,12-,13-,14-/m1/s1. The van der Waals surface area contributed by atoms with Crippen molar-refractivity contribution in [1.82, 2.24) is 0 Å². The van der Waals surface area contributed by atoms with Crippen LogP contribution in [0.1, 0.15) is 27.7 Å². The van der Waals surface area contributed by atoms with Crippen molar-refractivity contribution in [2.24, 2.45) is 0 Å². The first kappa shape index (κ1) is 22.1. The molecule has 1 unspecified atom stereocenters. The molecule has 24 heavy (non-hydrogen) atoms. The monoisotopic (exact) mass is 348 g/mol. The fraction of sp³-hybridized carbons (Fsp3) is 0.643. The Morgan fingerprint density at radius 1 is 0.750 bits per heavy atom. The zero-order chi connectivity index (χ0) is 19.6. The van der Waals surface area contributed by atoms with E-state index in [0.29, 0.717) is 20.8 Å². The van der Waals surface area contributed by atoms with Gasteiger partial charge in [0.2, 0.25) is 5.78 Å². The van der Waals surface area contributed by atoms with Gasteiger partial charge in [0.15, 0.2) is 40.4 Å². The Bertz CT molecular complexity index is 582. The van der Waals surface area contributed by atoms with Gasteiger partial charge >= 0.3 is 0 Å². The number of Topliss-reactive ketones (excluding diaryl/α,β-unsaturated/α-hetero) is 5. The van der Waals surface area contributed by atoms with Gasteiger partial charge in [-0.3, -0.25) is 24.0 Å². The van der Waals surface area contributed by atoms with Crippen molar-refractivity contribution in [3.05, 3.63) is 0 Å². The summed E-state index contributed by atoms with van der Waals surface area (Å²) in [5.74, 6) is -7.27. The van der Waals surface area contributed by atoms with E-state index in [4.69, 9.17) is 0 Å². The van der Waals surface area contributed by atoms with Gasteiger partial charge in [0, 0.05) is 6.92 Å². The van der Waals surface area contributed by atoms with Crippen LogP contribution in [0, 0.1) is 0 Å².